The lowest BCUT2D eigenvalue weighted by Gasteiger charge is -2.16. The predicted octanol–water partition coefficient (Wildman–Crippen LogP) is 2.76. The lowest BCUT2D eigenvalue weighted by Crippen LogP contribution is -2.38. The van der Waals surface area contributed by atoms with Gasteiger partial charge in [0.05, 0.1) is 6.54 Å². The van der Waals surface area contributed by atoms with Gasteiger partial charge in [0.1, 0.15) is 5.82 Å². The van der Waals surface area contributed by atoms with Crippen LogP contribution in [-0.4, -0.2) is 37.1 Å². The highest BCUT2D eigenvalue weighted by Crippen LogP contribution is 2.27. The summed E-state index contributed by atoms with van der Waals surface area (Å²) < 4.78 is 0. The van der Waals surface area contributed by atoms with Gasteiger partial charge >= 0.3 is 0 Å². The SMILES string of the molecule is CCNC(=NCc1ccnc(N2CCCC2)c1)NCC1CC1.I. The van der Waals surface area contributed by atoms with E-state index in [0.717, 1.165) is 43.9 Å². The minimum absolute atomic E-state index is 0. The first-order valence-electron chi connectivity index (χ1n) is 8.57. The molecule has 1 aromatic heterocycles. The average Bonchev–Trinajstić information content (AvgIpc) is 3.21. The zero-order chi connectivity index (χ0) is 15.2. The van der Waals surface area contributed by atoms with E-state index in [0.29, 0.717) is 6.54 Å². The largest absolute Gasteiger partial charge is 0.357 e. The minimum Gasteiger partial charge on any atom is -0.357 e. The number of guanidine groups is 1. The lowest BCUT2D eigenvalue weighted by atomic mass is 10.2. The maximum atomic E-state index is 4.70. The summed E-state index contributed by atoms with van der Waals surface area (Å²) in [5, 5.41) is 6.75. The maximum absolute atomic E-state index is 4.70. The first-order valence-corrected chi connectivity index (χ1v) is 8.57. The van der Waals surface area contributed by atoms with Gasteiger partial charge < -0.3 is 15.5 Å². The molecule has 2 N–H and O–H groups in total. The number of rotatable bonds is 6. The molecule has 0 atom stereocenters. The number of aromatic nitrogens is 1. The average molecular weight is 429 g/mol. The summed E-state index contributed by atoms with van der Waals surface area (Å²) in [5.74, 6) is 2.88. The molecule has 5 nitrogen and oxygen atoms in total. The molecule has 0 radical (unpaired) electrons. The van der Waals surface area contributed by atoms with E-state index in [1.54, 1.807) is 0 Å². The van der Waals surface area contributed by atoms with Gasteiger partial charge in [0, 0.05) is 32.4 Å². The van der Waals surface area contributed by atoms with Crippen molar-refractivity contribution < 1.29 is 0 Å². The quantitative estimate of drug-likeness (QED) is 0.415. The molecule has 2 aliphatic rings. The summed E-state index contributed by atoms with van der Waals surface area (Å²) in [6.07, 6.45) is 7.17. The number of hydrogen-bond acceptors (Lipinski definition) is 3. The zero-order valence-electron chi connectivity index (χ0n) is 13.9. The van der Waals surface area contributed by atoms with Gasteiger partial charge in [0.25, 0.3) is 0 Å². The Hall–Kier alpha value is -1.05. The van der Waals surface area contributed by atoms with Crippen molar-refractivity contribution in [1.82, 2.24) is 15.6 Å². The van der Waals surface area contributed by atoms with E-state index in [1.807, 2.05) is 6.20 Å². The number of hydrogen-bond donors (Lipinski definition) is 2. The molecule has 3 rings (SSSR count). The molecular formula is C17H28IN5. The summed E-state index contributed by atoms with van der Waals surface area (Å²) in [7, 11) is 0. The highest BCUT2D eigenvalue weighted by Gasteiger charge is 2.21. The smallest absolute Gasteiger partial charge is 0.191 e. The summed E-state index contributed by atoms with van der Waals surface area (Å²) in [6.45, 7) is 7.00. The van der Waals surface area contributed by atoms with Crippen LogP contribution in [0.15, 0.2) is 23.3 Å². The standard InChI is InChI=1S/C17H27N5.HI/c1-2-18-17(20-12-14-5-6-14)21-13-15-7-8-19-16(11-15)22-9-3-4-10-22;/h7-8,11,14H,2-6,9-10,12-13H2,1H3,(H2,18,20,21);1H. The van der Waals surface area contributed by atoms with Crippen LogP contribution in [0, 0.1) is 5.92 Å². The summed E-state index contributed by atoms with van der Waals surface area (Å²) >= 11 is 0. The van der Waals surface area contributed by atoms with Crippen molar-refractivity contribution in [3.8, 4) is 0 Å². The Balaban J connectivity index is 0.00000192. The van der Waals surface area contributed by atoms with Crippen LogP contribution < -0.4 is 15.5 Å². The molecule has 23 heavy (non-hydrogen) atoms. The van der Waals surface area contributed by atoms with Crippen molar-refractivity contribution in [2.24, 2.45) is 10.9 Å². The monoisotopic (exact) mass is 429 g/mol. The second-order valence-electron chi connectivity index (χ2n) is 6.24. The third kappa shape index (κ3) is 5.82. The third-order valence-electron chi connectivity index (χ3n) is 4.26. The number of pyridine rings is 1. The van der Waals surface area contributed by atoms with E-state index in [-0.39, 0.29) is 24.0 Å². The molecule has 0 spiro atoms. The molecule has 1 aliphatic heterocycles. The first-order chi connectivity index (χ1) is 10.8. The van der Waals surface area contributed by atoms with E-state index in [4.69, 9.17) is 4.99 Å². The highest BCUT2D eigenvalue weighted by molar-refractivity contribution is 14.0. The fourth-order valence-electron chi connectivity index (χ4n) is 2.75. The molecule has 0 amide bonds. The Morgan fingerprint density at radius 2 is 2.09 bits per heavy atom. The molecule has 0 unspecified atom stereocenters. The van der Waals surface area contributed by atoms with Crippen molar-refractivity contribution in [2.75, 3.05) is 31.1 Å². The fraction of sp³-hybridized carbons (Fsp3) is 0.647. The van der Waals surface area contributed by atoms with Gasteiger partial charge in [0.2, 0.25) is 0 Å². The Bertz CT molecular complexity index is 509. The van der Waals surface area contributed by atoms with E-state index >= 15 is 0 Å². The van der Waals surface area contributed by atoms with Crippen LogP contribution in [-0.2, 0) is 6.54 Å². The molecule has 6 heteroatoms. The second kappa shape index (κ2) is 9.30. The van der Waals surface area contributed by atoms with Crippen molar-refractivity contribution in [3.05, 3.63) is 23.9 Å². The summed E-state index contributed by atoms with van der Waals surface area (Å²) in [4.78, 5) is 11.6. The second-order valence-corrected chi connectivity index (χ2v) is 6.24. The van der Waals surface area contributed by atoms with Gasteiger partial charge in [-0.3, -0.25) is 0 Å². The van der Waals surface area contributed by atoms with Crippen LogP contribution in [0.3, 0.4) is 0 Å². The van der Waals surface area contributed by atoms with Crippen molar-refractivity contribution in [1.29, 1.82) is 0 Å². The first kappa shape index (κ1) is 18.3. The van der Waals surface area contributed by atoms with Crippen LogP contribution in [0.25, 0.3) is 0 Å². The van der Waals surface area contributed by atoms with E-state index in [9.17, 15) is 0 Å². The molecule has 128 valence electrons. The lowest BCUT2D eigenvalue weighted by molar-refractivity contribution is 0.739. The van der Waals surface area contributed by atoms with E-state index in [2.05, 4.69) is 39.6 Å². The van der Waals surface area contributed by atoms with Gasteiger partial charge in [-0.15, -0.1) is 24.0 Å². The number of halogens is 1. The highest BCUT2D eigenvalue weighted by atomic mass is 127. The van der Waals surface area contributed by atoms with Gasteiger partial charge in [-0.1, -0.05) is 0 Å². The number of aliphatic imine (C=N–C) groups is 1. The topological polar surface area (TPSA) is 52.6 Å². The predicted molar refractivity (Wildman–Crippen MR) is 107 cm³/mol. The van der Waals surface area contributed by atoms with Crippen LogP contribution in [0.5, 0.6) is 0 Å². The fourth-order valence-corrected chi connectivity index (χ4v) is 2.75. The number of nitrogens with zero attached hydrogens (tertiary/aromatic N) is 3. The summed E-state index contributed by atoms with van der Waals surface area (Å²) in [6, 6.07) is 4.24. The molecule has 2 heterocycles. The number of nitrogens with one attached hydrogen (secondary N) is 2. The summed E-state index contributed by atoms with van der Waals surface area (Å²) in [5.41, 5.74) is 1.22. The van der Waals surface area contributed by atoms with Crippen molar-refractivity contribution >= 4 is 35.8 Å². The Morgan fingerprint density at radius 1 is 1.30 bits per heavy atom. The molecule has 1 aliphatic carbocycles. The van der Waals surface area contributed by atoms with E-state index in [1.165, 1.54) is 31.2 Å². The minimum atomic E-state index is 0. The molecule has 2 fully saturated rings. The van der Waals surface area contributed by atoms with Gasteiger partial charge in [-0.25, -0.2) is 9.98 Å². The number of anilines is 1. The van der Waals surface area contributed by atoms with Crippen molar-refractivity contribution in [2.45, 2.75) is 39.2 Å². The van der Waals surface area contributed by atoms with Crippen molar-refractivity contribution in [3.63, 3.8) is 0 Å². The van der Waals surface area contributed by atoms with Crippen LogP contribution in [0.1, 0.15) is 38.2 Å². The zero-order valence-corrected chi connectivity index (χ0v) is 16.3. The molecule has 0 aromatic carbocycles. The van der Waals surface area contributed by atoms with E-state index < -0.39 is 0 Å². The molecule has 1 saturated carbocycles. The van der Waals surface area contributed by atoms with Crippen LogP contribution in [0.4, 0.5) is 5.82 Å². The maximum Gasteiger partial charge on any atom is 0.191 e. The third-order valence-corrected chi connectivity index (χ3v) is 4.26. The van der Waals surface area contributed by atoms with Gasteiger partial charge in [0.15, 0.2) is 5.96 Å². The van der Waals surface area contributed by atoms with Gasteiger partial charge in [-0.05, 0) is 56.2 Å². The Morgan fingerprint density at radius 3 is 2.78 bits per heavy atom. The van der Waals surface area contributed by atoms with Crippen LogP contribution in [0.2, 0.25) is 0 Å². The Labute approximate surface area is 156 Å². The normalized spacial score (nSPS) is 17.8. The molecule has 1 saturated heterocycles. The molecule has 1 aromatic rings. The van der Waals surface area contributed by atoms with Crippen LogP contribution >= 0.6 is 24.0 Å². The molecule has 0 bridgehead atoms. The van der Waals surface area contributed by atoms with Gasteiger partial charge in [-0.2, -0.15) is 0 Å². The Kier molecular flexibility index (Phi) is 7.39. The molecular weight excluding hydrogens is 401 g/mol.